The van der Waals surface area contributed by atoms with Crippen molar-refractivity contribution in [3.8, 4) is 22.3 Å². The second kappa shape index (κ2) is 25.3. The van der Waals surface area contributed by atoms with Crippen molar-refractivity contribution in [3.05, 3.63) is 372 Å². The van der Waals surface area contributed by atoms with Gasteiger partial charge in [0.2, 0.25) is 0 Å². The maximum Gasteiger partial charge on any atom is 0.0540 e. The van der Waals surface area contributed by atoms with Crippen molar-refractivity contribution in [1.82, 2.24) is 0 Å². The summed E-state index contributed by atoms with van der Waals surface area (Å²) < 4.78 is 0. The molecule has 0 unspecified atom stereocenters. The molecule has 0 N–H and O–H groups in total. The van der Waals surface area contributed by atoms with Gasteiger partial charge in [0.1, 0.15) is 0 Å². The van der Waals surface area contributed by atoms with Crippen molar-refractivity contribution < 1.29 is 0 Å². The lowest BCUT2D eigenvalue weighted by Crippen LogP contribution is -2.10. The number of fused-ring (bicyclic) bond motifs is 3. The molecule has 0 radical (unpaired) electrons. The summed E-state index contributed by atoms with van der Waals surface area (Å²) in [6.07, 6.45) is 17.4. The Kier molecular flexibility index (Phi) is 15.6. The van der Waals surface area contributed by atoms with Crippen molar-refractivity contribution >= 4 is 115 Å². The van der Waals surface area contributed by atoms with E-state index in [-0.39, 0.29) is 0 Å². The van der Waals surface area contributed by atoms with Crippen LogP contribution in [0.15, 0.2) is 328 Å². The molecule has 0 aliphatic heterocycles. The van der Waals surface area contributed by atoms with Crippen molar-refractivity contribution in [2.45, 2.75) is 0 Å². The van der Waals surface area contributed by atoms with E-state index in [1.807, 2.05) is 0 Å². The summed E-state index contributed by atoms with van der Waals surface area (Å²) in [5.74, 6) is 0. The molecule has 0 aromatic heterocycles. The molecule has 14 aromatic rings. The van der Waals surface area contributed by atoms with Gasteiger partial charge in [-0.1, -0.05) is 316 Å². The fourth-order valence-corrected chi connectivity index (χ4v) is 12.0. The average molecular weight is 1120 g/mol. The number of hydrogen-bond acceptors (Lipinski definition) is 2. The molecule has 0 aliphatic carbocycles. The fourth-order valence-electron chi connectivity index (χ4n) is 12.0. The third-order valence-electron chi connectivity index (χ3n) is 16.5. The molecule has 88 heavy (non-hydrogen) atoms. The van der Waals surface area contributed by atoms with E-state index < -0.39 is 0 Å². The van der Waals surface area contributed by atoms with Gasteiger partial charge in [-0.05, 0) is 149 Å². The standard InChI is InChI=1S/C86H62N2/c1-5-19-63(20-6-1)33-37-67-41-49-71(50-42-67)87(72-51-43-68(44-52-72)38-34-64-21-7-2-8-22-64)85-61-59-81(77-29-15-17-31-83(77)85)79-57-58-80(76-28-14-13-27-75(76)79)82-60-62-86(84-32-18-16-30-78(82)84)88(73-53-45-69(46-54-73)39-35-65-23-9-3-10-24-65)74-55-47-70(48-56-74)40-36-66-25-11-4-12-26-66/h1-62H/b37-33+,38-34+,39-35+,40-36+. The SMILES string of the molecule is C(=C\c1ccc(N(c2ccc(/C=C/c3ccccc3)cc2)c2ccc(-c3ccc(-c4ccc(N(c5ccc(/C=C/c6ccccc6)cc5)c5ccc(/C=C/c6ccccc6)cc5)c5ccccc45)c4ccccc34)c3ccccc23)cc1)/c1ccccc1. The minimum absolute atomic E-state index is 1.08. The third-order valence-corrected chi connectivity index (χ3v) is 16.5. The Hall–Kier alpha value is -11.6. The highest BCUT2D eigenvalue weighted by Crippen LogP contribution is 2.47. The average Bonchev–Trinajstić information content (AvgIpc) is 0.930. The molecule has 14 rings (SSSR count). The highest BCUT2D eigenvalue weighted by Gasteiger charge is 2.22. The lowest BCUT2D eigenvalue weighted by Gasteiger charge is -2.28. The van der Waals surface area contributed by atoms with Crippen LogP contribution in [0.5, 0.6) is 0 Å². The van der Waals surface area contributed by atoms with Gasteiger partial charge in [-0.3, -0.25) is 0 Å². The van der Waals surface area contributed by atoms with Gasteiger partial charge in [0, 0.05) is 33.5 Å². The van der Waals surface area contributed by atoms with Crippen LogP contribution in [-0.4, -0.2) is 0 Å². The molecule has 0 atom stereocenters. The highest BCUT2D eigenvalue weighted by atomic mass is 15.1. The molecule has 2 heteroatoms. The zero-order chi connectivity index (χ0) is 58.9. The molecular formula is C86H62N2. The molecule has 416 valence electrons. The van der Waals surface area contributed by atoms with E-state index in [4.69, 9.17) is 0 Å². The van der Waals surface area contributed by atoms with Crippen LogP contribution < -0.4 is 9.80 Å². The van der Waals surface area contributed by atoms with Gasteiger partial charge in [0.25, 0.3) is 0 Å². The zero-order valence-corrected chi connectivity index (χ0v) is 48.7. The maximum absolute atomic E-state index is 2.40. The van der Waals surface area contributed by atoms with E-state index in [0.717, 1.165) is 67.2 Å². The lowest BCUT2D eigenvalue weighted by molar-refractivity contribution is 1.29. The summed E-state index contributed by atoms with van der Waals surface area (Å²) >= 11 is 0. The number of benzene rings is 14. The van der Waals surface area contributed by atoms with Crippen LogP contribution in [0, 0.1) is 0 Å². The number of rotatable bonds is 16. The topological polar surface area (TPSA) is 6.48 Å². The predicted octanol–water partition coefficient (Wildman–Crippen LogP) is 24.1. The van der Waals surface area contributed by atoms with Gasteiger partial charge in [-0.25, -0.2) is 0 Å². The van der Waals surface area contributed by atoms with E-state index in [0.29, 0.717) is 0 Å². The molecule has 2 nitrogen and oxygen atoms in total. The molecule has 0 saturated heterocycles. The molecule has 0 fully saturated rings. The number of hydrogen-bond donors (Lipinski definition) is 0. The Labute approximate surface area is 516 Å². The van der Waals surface area contributed by atoms with Crippen LogP contribution in [-0.2, 0) is 0 Å². The van der Waals surface area contributed by atoms with Gasteiger partial charge in [-0.15, -0.1) is 0 Å². The van der Waals surface area contributed by atoms with Crippen LogP contribution in [0.2, 0.25) is 0 Å². The smallest absolute Gasteiger partial charge is 0.0540 e. The summed E-state index contributed by atoms with van der Waals surface area (Å²) in [5.41, 5.74) is 20.5. The first kappa shape index (κ1) is 54.4. The second-order valence-corrected chi connectivity index (χ2v) is 22.1. The van der Waals surface area contributed by atoms with E-state index >= 15 is 0 Å². The van der Waals surface area contributed by atoms with Gasteiger partial charge in [-0.2, -0.15) is 0 Å². The monoisotopic (exact) mass is 1120 g/mol. The fraction of sp³-hybridized carbons (Fsp3) is 0. The largest absolute Gasteiger partial charge is 0.310 e. The number of anilines is 6. The van der Waals surface area contributed by atoms with Crippen molar-refractivity contribution in [1.29, 1.82) is 0 Å². The normalized spacial score (nSPS) is 11.7. The molecule has 14 aromatic carbocycles. The summed E-state index contributed by atoms with van der Waals surface area (Å²) in [7, 11) is 0. The van der Waals surface area contributed by atoms with Crippen LogP contribution in [0.25, 0.3) is 103 Å². The van der Waals surface area contributed by atoms with Crippen LogP contribution in [0.3, 0.4) is 0 Å². The highest BCUT2D eigenvalue weighted by molar-refractivity contribution is 6.16. The first-order chi connectivity index (χ1) is 43.6. The minimum atomic E-state index is 1.08. The van der Waals surface area contributed by atoms with Gasteiger partial charge in [0.15, 0.2) is 0 Å². The summed E-state index contributed by atoms with van der Waals surface area (Å²) in [5, 5.41) is 7.09. The predicted molar refractivity (Wildman–Crippen MR) is 381 cm³/mol. The first-order valence-corrected chi connectivity index (χ1v) is 30.1. The van der Waals surface area contributed by atoms with E-state index in [2.05, 4.69) is 386 Å². The second-order valence-electron chi connectivity index (χ2n) is 22.1. The molecule has 0 saturated carbocycles. The molecule has 0 heterocycles. The Morgan fingerprint density at radius 1 is 0.148 bits per heavy atom. The van der Waals surface area contributed by atoms with Crippen LogP contribution in [0.1, 0.15) is 44.5 Å². The Balaban J connectivity index is 0.841. The van der Waals surface area contributed by atoms with Crippen molar-refractivity contribution in [2.75, 3.05) is 9.80 Å². The molecule has 0 bridgehead atoms. The zero-order valence-electron chi connectivity index (χ0n) is 48.7. The Bertz CT molecular complexity index is 4340. The lowest BCUT2D eigenvalue weighted by atomic mass is 9.88. The Morgan fingerprint density at radius 2 is 0.330 bits per heavy atom. The molecule has 0 amide bonds. The van der Waals surface area contributed by atoms with Gasteiger partial charge >= 0.3 is 0 Å². The number of nitrogens with zero attached hydrogens (tertiary/aromatic N) is 2. The quantitative estimate of drug-likeness (QED) is 0.0890. The minimum Gasteiger partial charge on any atom is -0.310 e. The molecule has 0 spiro atoms. The van der Waals surface area contributed by atoms with E-state index in [9.17, 15) is 0 Å². The summed E-state index contributed by atoms with van der Waals surface area (Å²) in [6, 6.07) is 118. The Morgan fingerprint density at radius 3 is 0.568 bits per heavy atom. The molecular weight excluding hydrogens is 1060 g/mol. The summed E-state index contributed by atoms with van der Waals surface area (Å²) in [6.45, 7) is 0. The van der Waals surface area contributed by atoms with Crippen molar-refractivity contribution in [2.24, 2.45) is 0 Å². The van der Waals surface area contributed by atoms with Crippen molar-refractivity contribution in [3.63, 3.8) is 0 Å². The van der Waals surface area contributed by atoms with Gasteiger partial charge in [0.05, 0.1) is 11.4 Å². The maximum atomic E-state index is 2.40. The molecule has 0 aliphatic rings. The van der Waals surface area contributed by atoms with Crippen LogP contribution >= 0.6 is 0 Å². The summed E-state index contributed by atoms with van der Waals surface area (Å²) in [4.78, 5) is 4.80. The van der Waals surface area contributed by atoms with E-state index in [1.54, 1.807) is 0 Å². The first-order valence-electron chi connectivity index (χ1n) is 30.1. The van der Waals surface area contributed by atoms with E-state index in [1.165, 1.54) is 66.1 Å². The van der Waals surface area contributed by atoms with Gasteiger partial charge < -0.3 is 9.80 Å². The third kappa shape index (κ3) is 11.8. The van der Waals surface area contributed by atoms with Crippen LogP contribution in [0.4, 0.5) is 34.1 Å².